The van der Waals surface area contributed by atoms with Crippen LogP contribution >= 0.6 is 0 Å². The summed E-state index contributed by atoms with van der Waals surface area (Å²) in [5.74, 6) is -0.0321. The van der Waals surface area contributed by atoms with Crippen molar-refractivity contribution >= 4 is 23.1 Å². The largest absolute Gasteiger partial charge is 0.354 e. The Labute approximate surface area is 120 Å². The molecule has 0 fully saturated rings. The first-order valence-corrected chi connectivity index (χ1v) is 6.38. The van der Waals surface area contributed by atoms with Gasteiger partial charge in [-0.05, 0) is 30.7 Å². The Kier molecular flexibility index (Phi) is 4.60. The van der Waals surface area contributed by atoms with Crippen molar-refractivity contribution in [2.75, 3.05) is 17.2 Å². The van der Waals surface area contributed by atoms with Crippen LogP contribution in [0.1, 0.15) is 13.3 Å². The van der Waals surface area contributed by atoms with Gasteiger partial charge in [0.2, 0.25) is 11.8 Å². The van der Waals surface area contributed by atoms with E-state index in [0.717, 1.165) is 12.6 Å². The molecule has 0 aliphatic heterocycles. The summed E-state index contributed by atoms with van der Waals surface area (Å²) in [5.41, 5.74) is 0.251. The Morgan fingerprint density at radius 1 is 1.33 bits per heavy atom. The van der Waals surface area contributed by atoms with E-state index in [0.29, 0.717) is 18.2 Å². The van der Waals surface area contributed by atoms with E-state index in [4.69, 9.17) is 0 Å². The summed E-state index contributed by atoms with van der Waals surface area (Å²) in [6.45, 7) is 2.64. The van der Waals surface area contributed by atoms with Crippen LogP contribution in [0.15, 0.2) is 30.5 Å². The summed E-state index contributed by atoms with van der Waals surface area (Å²) >= 11 is 0. The number of aromatic nitrogens is 2. The van der Waals surface area contributed by atoms with Crippen molar-refractivity contribution < 1.29 is 9.31 Å². The topological polar surface area (TPSA) is 93.0 Å². The Hall–Kier alpha value is -2.77. The van der Waals surface area contributed by atoms with Gasteiger partial charge in [0.15, 0.2) is 0 Å². The number of nitrogens with zero attached hydrogens (tertiary/aromatic N) is 3. The van der Waals surface area contributed by atoms with Crippen molar-refractivity contribution in [1.29, 1.82) is 0 Å². The monoisotopic (exact) mass is 291 g/mol. The fourth-order valence-electron chi connectivity index (χ4n) is 1.59. The van der Waals surface area contributed by atoms with Gasteiger partial charge in [0.05, 0.1) is 4.92 Å². The highest BCUT2D eigenvalue weighted by Gasteiger charge is 2.17. The summed E-state index contributed by atoms with van der Waals surface area (Å²) in [5, 5.41) is 16.7. The van der Waals surface area contributed by atoms with Crippen LogP contribution in [0.4, 0.5) is 27.5 Å². The van der Waals surface area contributed by atoms with E-state index in [2.05, 4.69) is 20.6 Å². The maximum atomic E-state index is 12.9. The third-order valence-corrected chi connectivity index (χ3v) is 2.61. The molecule has 0 unspecified atom stereocenters. The molecule has 21 heavy (non-hydrogen) atoms. The van der Waals surface area contributed by atoms with Crippen LogP contribution in [0, 0.1) is 15.9 Å². The number of nitro groups is 1. The average molecular weight is 291 g/mol. The van der Waals surface area contributed by atoms with Crippen molar-refractivity contribution in [3.8, 4) is 0 Å². The molecule has 0 spiro atoms. The summed E-state index contributed by atoms with van der Waals surface area (Å²) in [4.78, 5) is 18.4. The zero-order valence-corrected chi connectivity index (χ0v) is 11.3. The minimum Gasteiger partial charge on any atom is -0.354 e. The first kappa shape index (κ1) is 14.6. The van der Waals surface area contributed by atoms with Crippen molar-refractivity contribution in [3.63, 3.8) is 0 Å². The van der Waals surface area contributed by atoms with Gasteiger partial charge in [-0.1, -0.05) is 6.92 Å². The predicted molar refractivity (Wildman–Crippen MR) is 77.1 cm³/mol. The van der Waals surface area contributed by atoms with Crippen LogP contribution in [-0.2, 0) is 0 Å². The molecule has 0 radical (unpaired) electrons. The first-order valence-electron chi connectivity index (χ1n) is 6.38. The van der Waals surface area contributed by atoms with Crippen molar-refractivity contribution in [3.05, 3.63) is 46.4 Å². The molecule has 7 nitrogen and oxygen atoms in total. The number of halogens is 1. The van der Waals surface area contributed by atoms with E-state index >= 15 is 0 Å². The van der Waals surface area contributed by atoms with Gasteiger partial charge in [0.25, 0.3) is 0 Å². The van der Waals surface area contributed by atoms with Crippen LogP contribution in [0.2, 0.25) is 0 Å². The van der Waals surface area contributed by atoms with E-state index in [-0.39, 0.29) is 17.3 Å². The van der Waals surface area contributed by atoms with Gasteiger partial charge < -0.3 is 10.6 Å². The molecule has 1 heterocycles. The number of nitrogens with one attached hydrogen (secondary N) is 2. The van der Waals surface area contributed by atoms with Crippen LogP contribution in [0.25, 0.3) is 0 Å². The fourth-order valence-corrected chi connectivity index (χ4v) is 1.59. The van der Waals surface area contributed by atoms with Gasteiger partial charge in [-0.2, -0.15) is 4.98 Å². The molecule has 0 atom stereocenters. The van der Waals surface area contributed by atoms with Gasteiger partial charge in [0.1, 0.15) is 12.0 Å². The molecule has 0 saturated heterocycles. The van der Waals surface area contributed by atoms with E-state index in [1.807, 2.05) is 6.92 Å². The molecular formula is C13H14FN5O2. The Morgan fingerprint density at radius 3 is 2.67 bits per heavy atom. The molecule has 0 aliphatic carbocycles. The van der Waals surface area contributed by atoms with Crippen molar-refractivity contribution in [1.82, 2.24) is 9.97 Å². The second-order valence-corrected chi connectivity index (χ2v) is 4.24. The highest BCUT2D eigenvalue weighted by atomic mass is 19.1. The zero-order chi connectivity index (χ0) is 15.2. The lowest BCUT2D eigenvalue weighted by Gasteiger charge is -2.08. The molecule has 8 heteroatoms. The van der Waals surface area contributed by atoms with Gasteiger partial charge in [-0.3, -0.25) is 10.1 Å². The molecule has 110 valence electrons. The number of hydrogen-bond acceptors (Lipinski definition) is 6. The second kappa shape index (κ2) is 6.60. The van der Waals surface area contributed by atoms with Gasteiger partial charge in [0, 0.05) is 12.2 Å². The third-order valence-electron chi connectivity index (χ3n) is 2.61. The maximum Gasteiger partial charge on any atom is 0.329 e. The van der Waals surface area contributed by atoms with E-state index in [1.54, 1.807) is 0 Å². The Morgan fingerprint density at radius 2 is 2.05 bits per heavy atom. The lowest BCUT2D eigenvalue weighted by molar-refractivity contribution is -0.384. The van der Waals surface area contributed by atoms with Crippen LogP contribution < -0.4 is 10.6 Å². The highest BCUT2D eigenvalue weighted by molar-refractivity contribution is 5.65. The molecular weight excluding hydrogens is 277 g/mol. The number of benzene rings is 1. The van der Waals surface area contributed by atoms with E-state index < -0.39 is 4.92 Å². The summed E-state index contributed by atoms with van der Waals surface area (Å²) in [6, 6.07) is 5.46. The molecule has 2 N–H and O–H groups in total. The minimum absolute atomic E-state index is 0.0558. The molecule has 1 aromatic carbocycles. The standard InChI is InChI=1S/C13H14FN5O2/c1-2-7-15-13-16-8-11(19(20)21)12(18-13)17-10-5-3-9(14)4-6-10/h3-6,8H,2,7H2,1H3,(H2,15,16,17,18). The quantitative estimate of drug-likeness (QED) is 0.627. The Bertz CT molecular complexity index is 633. The molecule has 2 aromatic rings. The highest BCUT2D eigenvalue weighted by Crippen LogP contribution is 2.25. The number of anilines is 3. The lowest BCUT2D eigenvalue weighted by atomic mass is 10.3. The summed E-state index contributed by atoms with van der Waals surface area (Å²) < 4.78 is 12.9. The molecule has 0 amide bonds. The number of hydrogen-bond donors (Lipinski definition) is 2. The molecule has 0 bridgehead atoms. The van der Waals surface area contributed by atoms with Gasteiger partial charge in [-0.25, -0.2) is 9.37 Å². The second-order valence-electron chi connectivity index (χ2n) is 4.24. The SMILES string of the molecule is CCCNc1ncc([N+](=O)[O-])c(Nc2ccc(F)cc2)n1. The van der Waals surface area contributed by atoms with E-state index in [1.165, 1.54) is 24.3 Å². The summed E-state index contributed by atoms with van der Waals surface area (Å²) in [7, 11) is 0. The lowest BCUT2D eigenvalue weighted by Crippen LogP contribution is -2.07. The Balaban J connectivity index is 2.29. The predicted octanol–water partition coefficient (Wildman–Crippen LogP) is 3.09. The normalized spacial score (nSPS) is 10.2. The molecule has 1 aromatic heterocycles. The van der Waals surface area contributed by atoms with Crippen LogP contribution in [0.3, 0.4) is 0 Å². The third kappa shape index (κ3) is 3.85. The average Bonchev–Trinajstić information content (AvgIpc) is 2.47. The van der Waals surface area contributed by atoms with Crippen molar-refractivity contribution in [2.45, 2.75) is 13.3 Å². The maximum absolute atomic E-state index is 12.9. The number of rotatable bonds is 6. The van der Waals surface area contributed by atoms with E-state index in [9.17, 15) is 14.5 Å². The molecule has 0 saturated carbocycles. The molecule has 0 aliphatic rings. The van der Waals surface area contributed by atoms with Crippen molar-refractivity contribution in [2.24, 2.45) is 0 Å². The zero-order valence-electron chi connectivity index (χ0n) is 11.3. The minimum atomic E-state index is -0.574. The van der Waals surface area contributed by atoms with Crippen LogP contribution in [0.5, 0.6) is 0 Å². The summed E-state index contributed by atoms with van der Waals surface area (Å²) in [6.07, 6.45) is 2.01. The fraction of sp³-hybridized carbons (Fsp3) is 0.231. The van der Waals surface area contributed by atoms with Crippen LogP contribution in [-0.4, -0.2) is 21.4 Å². The first-order chi connectivity index (χ1) is 10.1. The molecule has 2 rings (SSSR count). The smallest absolute Gasteiger partial charge is 0.329 e. The van der Waals surface area contributed by atoms with Gasteiger partial charge >= 0.3 is 5.69 Å². The van der Waals surface area contributed by atoms with Gasteiger partial charge in [-0.15, -0.1) is 0 Å².